The lowest BCUT2D eigenvalue weighted by Crippen LogP contribution is -2.37. The summed E-state index contributed by atoms with van der Waals surface area (Å²) < 4.78 is 1.70. The Labute approximate surface area is 197 Å². The smallest absolute Gasteiger partial charge is 0.254 e. The van der Waals surface area contributed by atoms with E-state index in [0.29, 0.717) is 23.7 Å². The van der Waals surface area contributed by atoms with Gasteiger partial charge >= 0.3 is 0 Å². The number of nitrogens with zero attached hydrogens (tertiary/aromatic N) is 4. The maximum atomic E-state index is 13.0. The van der Waals surface area contributed by atoms with Crippen LogP contribution in [0.4, 0.5) is 5.95 Å². The number of nitrogens with one attached hydrogen (secondary N) is 1. The van der Waals surface area contributed by atoms with Gasteiger partial charge in [0.1, 0.15) is 0 Å². The van der Waals surface area contributed by atoms with Crippen molar-refractivity contribution in [1.82, 2.24) is 19.5 Å². The summed E-state index contributed by atoms with van der Waals surface area (Å²) in [7, 11) is 0. The van der Waals surface area contributed by atoms with E-state index < -0.39 is 0 Å². The lowest BCUT2D eigenvalue weighted by molar-refractivity contribution is -0.117. The van der Waals surface area contributed by atoms with Crippen LogP contribution in [0.1, 0.15) is 28.8 Å². The van der Waals surface area contributed by atoms with Gasteiger partial charge in [0.15, 0.2) is 5.65 Å². The second-order valence-electron chi connectivity index (χ2n) is 8.44. The molecule has 0 unspecified atom stereocenters. The number of aromatic nitrogens is 3. The number of carbonyl (C=O) groups excluding carboxylic acids is 2. The zero-order valence-electron chi connectivity index (χ0n) is 18.7. The number of carbonyl (C=O) groups is 2. The summed E-state index contributed by atoms with van der Waals surface area (Å²) in [6.07, 6.45) is 2.59. The summed E-state index contributed by atoms with van der Waals surface area (Å²) in [5, 5.41) is 7.27. The van der Waals surface area contributed by atoms with Gasteiger partial charge in [-0.1, -0.05) is 48.5 Å². The van der Waals surface area contributed by atoms with Crippen molar-refractivity contribution in [2.24, 2.45) is 11.7 Å². The van der Waals surface area contributed by atoms with Gasteiger partial charge in [0.25, 0.3) is 5.91 Å². The fourth-order valence-electron chi connectivity index (χ4n) is 3.89. The van der Waals surface area contributed by atoms with Crippen LogP contribution >= 0.6 is 0 Å². The zero-order valence-corrected chi connectivity index (χ0v) is 18.7. The number of benzene rings is 2. The standard InChI is InChI=1S/C26H26N6O2/c27-17-31(16-15-18-5-2-1-3-6-18)25(34)21-13-9-19(10-14-21)22-7-4-8-23-28-26(30-32(22)23)29-24(33)20-11-12-20/h1-10,13-14,20H,11-12,15-17,27H2,(H,29,30,33). The van der Waals surface area contributed by atoms with Crippen LogP contribution in [0.3, 0.4) is 0 Å². The van der Waals surface area contributed by atoms with Crippen molar-refractivity contribution in [1.29, 1.82) is 0 Å². The number of hydrogen-bond acceptors (Lipinski definition) is 5. The lowest BCUT2D eigenvalue weighted by atomic mass is 10.1. The van der Waals surface area contributed by atoms with Gasteiger partial charge in [0.05, 0.1) is 12.4 Å². The number of pyridine rings is 1. The average Bonchev–Trinajstić information content (AvgIpc) is 3.65. The summed E-state index contributed by atoms with van der Waals surface area (Å²) in [4.78, 5) is 31.1. The van der Waals surface area contributed by atoms with Crippen LogP contribution in [0, 0.1) is 5.92 Å². The van der Waals surface area contributed by atoms with Crippen LogP contribution in [0.25, 0.3) is 16.9 Å². The normalized spacial score (nSPS) is 13.1. The third-order valence-corrected chi connectivity index (χ3v) is 5.99. The molecule has 3 N–H and O–H groups in total. The van der Waals surface area contributed by atoms with E-state index in [1.807, 2.05) is 60.7 Å². The molecule has 4 aromatic rings. The van der Waals surface area contributed by atoms with Gasteiger partial charge in [-0.05, 0) is 49.1 Å². The first-order valence-corrected chi connectivity index (χ1v) is 11.4. The summed E-state index contributed by atoms with van der Waals surface area (Å²) in [5.74, 6) is 0.246. The second kappa shape index (κ2) is 9.44. The Kier molecular flexibility index (Phi) is 6.05. The Morgan fingerprint density at radius 1 is 1.00 bits per heavy atom. The van der Waals surface area contributed by atoms with E-state index in [-0.39, 0.29) is 24.4 Å². The quantitative estimate of drug-likeness (QED) is 0.397. The van der Waals surface area contributed by atoms with Crippen LogP contribution in [-0.4, -0.2) is 44.5 Å². The maximum absolute atomic E-state index is 13.0. The molecule has 2 aromatic carbocycles. The van der Waals surface area contributed by atoms with Gasteiger partial charge in [-0.2, -0.15) is 4.98 Å². The largest absolute Gasteiger partial charge is 0.326 e. The predicted molar refractivity (Wildman–Crippen MR) is 130 cm³/mol. The molecule has 0 aliphatic heterocycles. The minimum atomic E-state index is -0.103. The van der Waals surface area contributed by atoms with E-state index >= 15 is 0 Å². The molecule has 0 bridgehead atoms. The highest BCUT2D eigenvalue weighted by molar-refractivity contribution is 5.95. The summed E-state index contributed by atoms with van der Waals surface area (Å²) in [6.45, 7) is 0.704. The summed E-state index contributed by atoms with van der Waals surface area (Å²) in [6, 6.07) is 23.1. The highest BCUT2D eigenvalue weighted by atomic mass is 16.2. The first-order valence-electron chi connectivity index (χ1n) is 11.4. The molecule has 0 saturated heterocycles. The Hall–Kier alpha value is -4.04. The van der Waals surface area contributed by atoms with Crippen LogP contribution in [0.5, 0.6) is 0 Å². The first kappa shape index (κ1) is 21.8. The van der Waals surface area contributed by atoms with Crippen LogP contribution in [0.15, 0.2) is 72.8 Å². The number of anilines is 1. The van der Waals surface area contributed by atoms with Crippen molar-refractivity contribution >= 4 is 23.4 Å². The molecule has 2 heterocycles. The molecule has 2 aromatic heterocycles. The monoisotopic (exact) mass is 454 g/mol. The summed E-state index contributed by atoms with van der Waals surface area (Å²) in [5.41, 5.74) is 9.95. The number of fused-ring (bicyclic) bond motifs is 1. The molecule has 1 aliphatic carbocycles. The second-order valence-corrected chi connectivity index (χ2v) is 8.44. The molecule has 2 amide bonds. The minimum Gasteiger partial charge on any atom is -0.326 e. The zero-order chi connectivity index (χ0) is 23.5. The molecule has 8 heteroatoms. The van der Waals surface area contributed by atoms with E-state index in [1.54, 1.807) is 21.5 Å². The minimum absolute atomic E-state index is 0.0305. The van der Waals surface area contributed by atoms with Gasteiger partial charge in [0.2, 0.25) is 11.9 Å². The number of hydrogen-bond donors (Lipinski definition) is 2. The fourth-order valence-corrected chi connectivity index (χ4v) is 3.89. The van der Waals surface area contributed by atoms with Crippen LogP contribution in [-0.2, 0) is 11.2 Å². The van der Waals surface area contributed by atoms with Gasteiger partial charge < -0.3 is 10.6 Å². The van der Waals surface area contributed by atoms with Gasteiger partial charge in [0, 0.05) is 23.6 Å². The fraction of sp³-hybridized carbons (Fsp3) is 0.231. The number of nitrogens with two attached hydrogens (primary N) is 1. The molecule has 8 nitrogen and oxygen atoms in total. The summed E-state index contributed by atoms with van der Waals surface area (Å²) >= 11 is 0. The Bertz CT molecular complexity index is 1310. The molecular weight excluding hydrogens is 428 g/mol. The van der Waals surface area contributed by atoms with E-state index in [1.165, 1.54) is 0 Å². The third kappa shape index (κ3) is 4.67. The van der Waals surface area contributed by atoms with Crippen molar-refractivity contribution in [3.05, 3.63) is 83.9 Å². The van der Waals surface area contributed by atoms with E-state index in [4.69, 9.17) is 5.73 Å². The SMILES string of the molecule is NCN(CCc1ccccc1)C(=O)c1ccc(-c2cccc3nc(NC(=O)C4CC4)nn23)cc1. The molecule has 5 rings (SSSR count). The molecule has 0 atom stereocenters. The molecular formula is C26H26N6O2. The molecule has 1 saturated carbocycles. The maximum Gasteiger partial charge on any atom is 0.254 e. The van der Waals surface area contributed by atoms with E-state index in [2.05, 4.69) is 15.4 Å². The van der Waals surface area contributed by atoms with Crippen LogP contribution < -0.4 is 11.1 Å². The molecule has 0 radical (unpaired) electrons. The van der Waals surface area contributed by atoms with E-state index in [9.17, 15) is 9.59 Å². The number of amides is 2. The van der Waals surface area contributed by atoms with Crippen molar-refractivity contribution in [2.75, 3.05) is 18.5 Å². The number of rotatable bonds is 8. The van der Waals surface area contributed by atoms with Gasteiger partial charge in [-0.25, -0.2) is 4.52 Å². The van der Waals surface area contributed by atoms with Crippen molar-refractivity contribution in [3.63, 3.8) is 0 Å². The molecule has 34 heavy (non-hydrogen) atoms. The predicted octanol–water partition coefficient (Wildman–Crippen LogP) is 3.35. The highest BCUT2D eigenvalue weighted by Gasteiger charge is 2.30. The van der Waals surface area contributed by atoms with Crippen molar-refractivity contribution < 1.29 is 9.59 Å². The highest BCUT2D eigenvalue weighted by Crippen LogP contribution is 2.30. The Morgan fingerprint density at radius 2 is 1.76 bits per heavy atom. The van der Waals surface area contributed by atoms with E-state index in [0.717, 1.165) is 36.1 Å². The molecule has 1 fully saturated rings. The lowest BCUT2D eigenvalue weighted by Gasteiger charge is -2.21. The topological polar surface area (TPSA) is 106 Å². The van der Waals surface area contributed by atoms with Crippen molar-refractivity contribution in [2.45, 2.75) is 19.3 Å². The average molecular weight is 455 g/mol. The Balaban J connectivity index is 1.32. The third-order valence-electron chi connectivity index (χ3n) is 5.99. The Morgan fingerprint density at radius 3 is 2.47 bits per heavy atom. The van der Waals surface area contributed by atoms with Gasteiger partial charge in [-0.15, -0.1) is 5.10 Å². The molecule has 0 spiro atoms. The van der Waals surface area contributed by atoms with Gasteiger partial charge in [-0.3, -0.25) is 14.9 Å². The molecule has 172 valence electrons. The molecule has 1 aliphatic rings. The first-order chi connectivity index (χ1) is 16.6. The van der Waals surface area contributed by atoms with Crippen molar-refractivity contribution in [3.8, 4) is 11.3 Å². The van der Waals surface area contributed by atoms with Crippen LogP contribution in [0.2, 0.25) is 0 Å².